The zero-order valence-corrected chi connectivity index (χ0v) is 25.3. The molecule has 0 N–H and O–H groups in total. The lowest BCUT2D eigenvalue weighted by molar-refractivity contribution is 0.660. The quantitative estimate of drug-likeness (QED) is 0.196. The number of rotatable bonds is 3. The molecule has 0 aliphatic heterocycles. The van der Waals surface area contributed by atoms with Gasteiger partial charge in [-0.25, -0.2) is 4.98 Å². The van der Waals surface area contributed by atoms with Crippen molar-refractivity contribution >= 4 is 32.6 Å². The second-order valence-electron chi connectivity index (χ2n) is 12.6. The van der Waals surface area contributed by atoms with Crippen LogP contribution in [0.4, 0.5) is 0 Å². The number of hydrogen-bond acceptors (Lipinski definition) is 2. The fourth-order valence-corrected chi connectivity index (χ4v) is 7.36. The molecule has 0 unspecified atom stereocenters. The molecule has 1 aliphatic rings. The molecule has 8 aromatic rings. The van der Waals surface area contributed by atoms with Gasteiger partial charge in [-0.2, -0.15) is 0 Å². The molecule has 0 saturated carbocycles. The Morgan fingerprint density at radius 2 is 0.978 bits per heavy atom. The van der Waals surface area contributed by atoms with E-state index in [2.05, 4.69) is 153 Å². The predicted molar refractivity (Wildman–Crippen MR) is 188 cm³/mol. The molecule has 2 nitrogen and oxygen atoms in total. The van der Waals surface area contributed by atoms with Gasteiger partial charge in [0.25, 0.3) is 0 Å². The summed E-state index contributed by atoms with van der Waals surface area (Å²) in [6.45, 7) is 4.67. The van der Waals surface area contributed by atoms with Gasteiger partial charge in [-0.3, -0.25) is 4.98 Å². The maximum absolute atomic E-state index is 5.17. The summed E-state index contributed by atoms with van der Waals surface area (Å²) in [5.41, 5.74) is 14.2. The highest BCUT2D eigenvalue weighted by Gasteiger charge is 2.35. The van der Waals surface area contributed by atoms with E-state index in [0.717, 1.165) is 33.1 Å². The summed E-state index contributed by atoms with van der Waals surface area (Å²) in [6, 6.07) is 50.3. The van der Waals surface area contributed by atoms with Gasteiger partial charge < -0.3 is 0 Å². The van der Waals surface area contributed by atoms with Crippen molar-refractivity contribution in [3.63, 3.8) is 0 Å². The molecule has 212 valence electrons. The van der Waals surface area contributed by atoms with Crippen LogP contribution in [0.5, 0.6) is 0 Å². The van der Waals surface area contributed by atoms with E-state index < -0.39 is 0 Å². The van der Waals surface area contributed by atoms with Crippen molar-refractivity contribution in [3.8, 4) is 44.6 Å². The third-order valence-corrected chi connectivity index (χ3v) is 9.72. The first kappa shape index (κ1) is 25.9. The molecule has 0 saturated heterocycles. The van der Waals surface area contributed by atoms with E-state index in [4.69, 9.17) is 9.97 Å². The Kier molecular flexibility index (Phi) is 5.58. The minimum absolute atomic E-state index is 0.0135. The molecule has 7 aromatic carbocycles. The van der Waals surface area contributed by atoms with Gasteiger partial charge in [0.2, 0.25) is 0 Å². The normalized spacial score (nSPS) is 13.3. The smallest absolute Gasteiger partial charge is 0.0979 e. The van der Waals surface area contributed by atoms with Crippen LogP contribution in [-0.4, -0.2) is 9.97 Å². The average Bonchev–Trinajstić information content (AvgIpc) is 3.34. The van der Waals surface area contributed by atoms with Crippen LogP contribution in [0.3, 0.4) is 0 Å². The second kappa shape index (κ2) is 9.70. The standard InChI is InChI=1S/C43H30N2/c1-43(2)38-17-8-7-14-34(38)35-23-22-31(25-39(35)43)30-11-9-10-29(24-30)27-18-20-28(21-19-27)40-26-44-41-36-15-5-3-12-32(36)33-13-4-6-16-37(33)42(41)45-40/h3-26H,1-2H3. The van der Waals surface area contributed by atoms with E-state index in [1.165, 1.54) is 55.3 Å². The van der Waals surface area contributed by atoms with Gasteiger partial charge in [0.15, 0.2) is 0 Å². The SMILES string of the molecule is CC1(C)c2ccccc2-c2ccc(-c3cccc(-c4ccc(-c5cnc6c7ccccc7c7ccccc7c6n5)cc4)c3)cc21. The van der Waals surface area contributed by atoms with Crippen molar-refractivity contribution in [2.24, 2.45) is 0 Å². The van der Waals surface area contributed by atoms with Gasteiger partial charge in [-0.05, 0) is 67.4 Å². The van der Waals surface area contributed by atoms with Crippen LogP contribution in [0.1, 0.15) is 25.0 Å². The molecule has 2 heteroatoms. The molecule has 0 fully saturated rings. The van der Waals surface area contributed by atoms with Crippen molar-refractivity contribution in [3.05, 3.63) is 157 Å². The lowest BCUT2D eigenvalue weighted by atomic mass is 9.81. The van der Waals surface area contributed by atoms with Gasteiger partial charge in [0.05, 0.1) is 22.9 Å². The zero-order valence-electron chi connectivity index (χ0n) is 25.3. The number of hydrogen-bond donors (Lipinski definition) is 0. The van der Waals surface area contributed by atoms with E-state index in [-0.39, 0.29) is 5.41 Å². The summed E-state index contributed by atoms with van der Waals surface area (Å²) in [4.78, 5) is 10.1. The van der Waals surface area contributed by atoms with Crippen LogP contribution in [-0.2, 0) is 5.41 Å². The summed E-state index contributed by atoms with van der Waals surface area (Å²) in [7, 11) is 0. The number of nitrogens with zero attached hydrogens (tertiary/aromatic N) is 2. The van der Waals surface area contributed by atoms with E-state index in [0.29, 0.717) is 0 Å². The molecule has 45 heavy (non-hydrogen) atoms. The van der Waals surface area contributed by atoms with Gasteiger partial charge in [-0.15, -0.1) is 0 Å². The van der Waals surface area contributed by atoms with E-state index in [1.54, 1.807) is 0 Å². The molecular weight excluding hydrogens is 544 g/mol. The highest BCUT2D eigenvalue weighted by molar-refractivity contribution is 6.23. The molecule has 1 aliphatic carbocycles. The maximum Gasteiger partial charge on any atom is 0.0979 e. The van der Waals surface area contributed by atoms with Crippen molar-refractivity contribution < 1.29 is 0 Å². The van der Waals surface area contributed by atoms with Crippen LogP contribution in [0, 0.1) is 0 Å². The van der Waals surface area contributed by atoms with Crippen LogP contribution >= 0.6 is 0 Å². The molecule has 1 aromatic heterocycles. The first-order valence-corrected chi connectivity index (χ1v) is 15.6. The van der Waals surface area contributed by atoms with E-state index in [9.17, 15) is 0 Å². The van der Waals surface area contributed by atoms with Crippen molar-refractivity contribution in [1.29, 1.82) is 0 Å². The summed E-state index contributed by atoms with van der Waals surface area (Å²) in [6.07, 6.45) is 1.91. The summed E-state index contributed by atoms with van der Waals surface area (Å²) >= 11 is 0. The van der Waals surface area contributed by atoms with Crippen LogP contribution < -0.4 is 0 Å². The fraction of sp³-hybridized carbons (Fsp3) is 0.0698. The highest BCUT2D eigenvalue weighted by Crippen LogP contribution is 2.49. The first-order valence-electron chi connectivity index (χ1n) is 15.6. The van der Waals surface area contributed by atoms with Gasteiger partial charge in [0.1, 0.15) is 0 Å². The Morgan fingerprint density at radius 3 is 1.73 bits per heavy atom. The maximum atomic E-state index is 5.17. The third kappa shape index (κ3) is 3.96. The molecule has 0 bridgehead atoms. The summed E-state index contributed by atoms with van der Waals surface area (Å²) in [5.74, 6) is 0. The molecule has 0 spiro atoms. The van der Waals surface area contributed by atoms with Gasteiger partial charge in [-0.1, -0.05) is 141 Å². The predicted octanol–water partition coefficient (Wildman–Crippen LogP) is 11.2. The Hall–Kier alpha value is -5.60. The molecule has 9 rings (SSSR count). The fourth-order valence-electron chi connectivity index (χ4n) is 7.36. The molecule has 0 amide bonds. The Morgan fingerprint density at radius 1 is 0.422 bits per heavy atom. The van der Waals surface area contributed by atoms with E-state index in [1.807, 2.05) is 6.20 Å². The number of aromatic nitrogens is 2. The highest BCUT2D eigenvalue weighted by atomic mass is 14.8. The van der Waals surface area contributed by atoms with Crippen LogP contribution in [0.15, 0.2) is 146 Å². The summed E-state index contributed by atoms with van der Waals surface area (Å²) in [5, 5.41) is 4.69. The van der Waals surface area contributed by atoms with Crippen molar-refractivity contribution in [2.75, 3.05) is 0 Å². The average molecular weight is 575 g/mol. The minimum Gasteiger partial charge on any atom is -0.252 e. The van der Waals surface area contributed by atoms with Crippen LogP contribution in [0.25, 0.3) is 77.2 Å². The number of benzene rings is 7. The summed E-state index contributed by atoms with van der Waals surface area (Å²) < 4.78 is 0. The molecular formula is C43H30N2. The van der Waals surface area contributed by atoms with Gasteiger partial charge >= 0.3 is 0 Å². The lowest BCUT2D eigenvalue weighted by Crippen LogP contribution is -2.14. The van der Waals surface area contributed by atoms with Gasteiger partial charge in [0, 0.05) is 21.8 Å². The lowest BCUT2D eigenvalue weighted by Gasteiger charge is -2.22. The van der Waals surface area contributed by atoms with Crippen molar-refractivity contribution in [1.82, 2.24) is 9.97 Å². The second-order valence-corrected chi connectivity index (χ2v) is 12.6. The Labute approximate surface area is 262 Å². The Balaban J connectivity index is 1.07. The minimum atomic E-state index is -0.0135. The topological polar surface area (TPSA) is 25.8 Å². The van der Waals surface area contributed by atoms with Crippen molar-refractivity contribution in [2.45, 2.75) is 19.3 Å². The molecule has 1 heterocycles. The van der Waals surface area contributed by atoms with Crippen LogP contribution in [0.2, 0.25) is 0 Å². The largest absolute Gasteiger partial charge is 0.252 e. The molecule has 0 atom stereocenters. The number of fused-ring (bicyclic) bond motifs is 9. The monoisotopic (exact) mass is 574 g/mol. The Bertz CT molecular complexity index is 2420. The first-order chi connectivity index (χ1) is 22.1. The van der Waals surface area contributed by atoms with E-state index >= 15 is 0 Å². The molecule has 0 radical (unpaired) electrons. The third-order valence-electron chi connectivity index (χ3n) is 9.72. The zero-order chi connectivity index (χ0) is 30.1.